The Kier molecular flexibility index (Phi) is 3.16. The molecule has 0 radical (unpaired) electrons. The van der Waals surface area contributed by atoms with E-state index in [1.807, 2.05) is 49.4 Å². The molecule has 0 bridgehead atoms. The zero-order valence-corrected chi connectivity index (χ0v) is 9.93. The van der Waals surface area contributed by atoms with Gasteiger partial charge in [0.25, 0.3) is 0 Å². The molecule has 3 N–H and O–H groups in total. The summed E-state index contributed by atoms with van der Waals surface area (Å²) in [5.41, 5.74) is 7.64. The number of hydrogen-bond donors (Lipinski definition) is 2. The van der Waals surface area contributed by atoms with Gasteiger partial charge < -0.3 is 10.8 Å². The molecule has 0 saturated heterocycles. The Morgan fingerprint density at radius 3 is 2.18 bits per heavy atom. The Hall–Kier alpha value is -1.80. The molecule has 2 nitrogen and oxygen atoms in total. The predicted octanol–water partition coefficient (Wildman–Crippen LogP) is 3.00. The Bertz CT molecular complexity index is 495. The quantitative estimate of drug-likeness (QED) is 0.846. The molecule has 0 aliphatic heterocycles. The average molecular weight is 227 g/mol. The van der Waals surface area contributed by atoms with Gasteiger partial charge in [0.1, 0.15) is 5.75 Å². The van der Waals surface area contributed by atoms with E-state index in [-0.39, 0.29) is 5.75 Å². The molecule has 1 atom stereocenters. The smallest absolute Gasteiger partial charge is 0.120 e. The second kappa shape index (κ2) is 4.60. The Morgan fingerprint density at radius 2 is 1.59 bits per heavy atom. The summed E-state index contributed by atoms with van der Waals surface area (Å²) in [5, 5.41) is 9.96. The lowest BCUT2D eigenvalue weighted by Crippen LogP contribution is -2.37. The first-order valence-corrected chi connectivity index (χ1v) is 5.81. The molecule has 0 amide bonds. The zero-order valence-electron chi connectivity index (χ0n) is 9.93. The van der Waals surface area contributed by atoms with Crippen LogP contribution < -0.4 is 5.73 Å². The number of phenolic OH excluding ortho intramolecular Hbond substituents is 1. The van der Waals surface area contributed by atoms with Gasteiger partial charge in [0, 0.05) is 5.56 Å². The third-order valence-corrected chi connectivity index (χ3v) is 3.23. The van der Waals surface area contributed by atoms with E-state index in [0.717, 1.165) is 17.5 Å². The fraction of sp³-hybridized carbons (Fsp3) is 0.200. The summed E-state index contributed by atoms with van der Waals surface area (Å²) in [5.74, 6) is 0.251. The monoisotopic (exact) mass is 227 g/mol. The first-order chi connectivity index (χ1) is 8.18. The summed E-state index contributed by atoms with van der Waals surface area (Å²) < 4.78 is 0. The molecule has 1 unspecified atom stereocenters. The Balaban J connectivity index is 2.56. The molecule has 0 saturated carbocycles. The second-order valence-corrected chi connectivity index (χ2v) is 4.21. The standard InChI is InChI=1S/C15H17NO/c1-2-15(16,12-8-4-3-5-9-12)13-10-6-7-11-14(13)17/h3-11,17H,2,16H2,1H3. The van der Waals surface area contributed by atoms with Gasteiger partial charge in [0.2, 0.25) is 0 Å². The van der Waals surface area contributed by atoms with Crippen LogP contribution in [0.15, 0.2) is 54.6 Å². The summed E-state index contributed by atoms with van der Waals surface area (Å²) in [6, 6.07) is 17.1. The molecule has 0 fully saturated rings. The first kappa shape index (κ1) is 11.7. The van der Waals surface area contributed by atoms with Crippen molar-refractivity contribution in [3.63, 3.8) is 0 Å². The highest BCUT2D eigenvalue weighted by molar-refractivity contribution is 5.45. The summed E-state index contributed by atoms with van der Waals surface area (Å²) in [6.45, 7) is 2.03. The van der Waals surface area contributed by atoms with Gasteiger partial charge >= 0.3 is 0 Å². The van der Waals surface area contributed by atoms with Gasteiger partial charge in [-0.05, 0) is 18.1 Å². The summed E-state index contributed by atoms with van der Waals surface area (Å²) >= 11 is 0. The molecule has 0 heterocycles. The molecule has 2 rings (SSSR count). The molecule has 0 aliphatic rings. The van der Waals surface area contributed by atoms with Crippen LogP contribution in [0.3, 0.4) is 0 Å². The van der Waals surface area contributed by atoms with E-state index in [2.05, 4.69) is 0 Å². The number of aromatic hydroxyl groups is 1. The van der Waals surface area contributed by atoms with Crippen molar-refractivity contribution in [3.8, 4) is 5.75 Å². The van der Waals surface area contributed by atoms with Crippen LogP contribution in [0.1, 0.15) is 24.5 Å². The van der Waals surface area contributed by atoms with E-state index in [4.69, 9.17) is 5.73 Å². The van der Waals surface area contributed by atoms with Crippen LogP contribution in [-0.2, 0) is 5.54 Å². The number of hydrogen-bond acceptors (Lipinski definition) is 2. The van der Waals surface area contributed by atoms with Crippen molar-refractivity contribution >= 4 is 0 Å². The van der Waals surface area contributed by atoms with Crippen molar-refractivity contribution in [2.45, 2.75) is 18.9 Å². The largest absolute Gasteiger partial charge is 0.508 e. The normalized spacial score (nSPS) is 14.2. The fourth-order valence-corrected chi connectivity index (χ4v) is 2.14. The summed E-state index contributed by atoms with van der Waals surface area (Å²) in [6.07, 6.45) is 0.731. The number of rotatable bonds is 3. The van der Waals surface area contributed by atoms with Gasteiger partial charge in [-0.15, -0.1) is 0 Å². The van der Waals surface area contributed by atoms with Gasteiger partial charge in [-0.25, -0.2) is 0 Å². The van der Waals surface area contributed by atoms with E-state index in [1.54, 1.807) is 12.1 Å². The third kappa shape index (κ3) is 2.04. The van der Waals surface area contributed by atoms with E-state index in [1.165, 1.54) is 0 Å². The predicted molar refractivity (Wildman–Crippen MR) is 69.8 cm³/mol. The van der Waals surface area contributed by atoms with Crippen LogP contribution in [-0.4, -0.2) is 5.11 Å². The van der Waals surface area contributed by atoms with Crippen LogP contribution in [0.25, 0.3) is 0 Å². The number of benzene rings is 2. The minimum absolute atomic E-state index is 0.251. The maximum absolute atomic E-state index is 9.96. The fourth-order valence-electron chi connectivity index (χ4n) is 2.14. The highest BCUT2D eigenvalue weighted by Gasteiger charge is 2.29. The maximum atomic E-state index is 9.96. The Morgan fingerprint density at radius 1 is 1.00 bits per heavy atom. The SMILES string of the molecule is CCC(N)(c1ccccc1)c1ccccc1O. The van der Waals surface area contributed by atoms with Crippen molar-refractivity contribution in [1.29, 1.82) is 0 Å². The zero-order chi connectivity index (χ0) is 12.3. The minimum atomic E-state index is -0.632. The lowest BCUT2D eigenvalue weighted by molar-refractivity contribution is 0.433. The Labute approximate surface area is 102 Å². The van der Waals surface area contributed by atoms with Crippen LogP contribution in [0, 0.1) is 0 Å². The van der Waals surface area contributed by atoms with E-state index in [0.29, 0.717) is 0 Å². The molecular weight excluding hydrogens is 210 g/mol. The van der Waals surface area contributed by atoms with E-state index in [9.17, 15) is 5.11 Å². The molecule has 88 valence electrons. The molecule has 0 spiro atoms. The lowest BCUT2D eigenvalue weighted by atomic mass is 9.81. The lowest BCUT2D eigenvalue weighted by Gasteiger charge is -2.30. The van der Waals surface area contributed by atoms with E-state index < -0.39 is 5.54 Å². The highest BCUT2D eigenvalue weighted by Crippen LogP contribution is 2.35. The van der Waals surface area contributed by atoms with Crippen LogP contribution in [0.4, 0.5) is 0 Å². The number of para-hydroxylation sites is 1. The van der Waals surface area contributed by atoms with Gasteiger partial charge in [0.05, 0.1) is 5.54 Å². The van der Waals surface area contributed by atoms with Crippen molar-refractivity contribution < 1.29 is 5.11 Å². The molecular formula is C15H17NO. The van der Waals surface area contributed by atoms with Gasteiger partial charge in [0.15, 0.2) is 0 Å². The van der Waals surface area contributed by atoms with Crippen molar-refractivity contribution in [2.24, 2.45) is 5.73 Å². The van der Waals surface area contributed by atoms with E-state index >= 15 is 0 Å². The van der Waals surface area contributed by atoms with Crippen molar-refractivity contribution in [1.82, 2.24) is 0 Å². The van der Waals surface area contributed by atoms with Crippen molar-refractivity contribution in [3.05, 3.63) is 65.7 Å². The summed E-state index contributed by atoms with van der Waals surface area (Å²) in [7, 11) is 0. The molecule has 2 aromatic rings. The minimum Gasteiger partial charge on any atom is -0.508 e. The first-order valence-electron chi connectivity index (χ1n) is 5.81. The third-order valence-electron chi connectivity index (χ3n) is 3.23. The topological polar surface area (TPSA) is 46.2 Å². The molecule has 0 aliphatic carbocycles. The van der Waals surface area contributed by atoms with Crippen molar-refractivity contribution in [2.75, 3.05) is 0 Å². The molecule has 0 aromatic heterocycles. The average Bonchev–Trinajstić information content (AvgIpc) is 2.39. The van der Waals surface area contributed by atoms with Gasteiger partial charge in [-0.2, -0.15) is 0 Å². The number of phenols is 1. The van der Waals surface area contributed by atoms with Crippen LogP contribution >= 0.6 is 0 Å². The van der Waals surface area contributed by atoms with Gasteiger partial charge in [-0.1, -0.05) is 55.5 Å². The van der Waals surface area contributed by atoms with Gasteiger partial charge in [-0.3, -0.25) is 0 Å². The summed E-state index contributed by atoms with van der Waals surface area (Å²) in [4.78, 5) is 0. The number of nitrogens with two attached hydrogens (primary N) is 1. The van der Waals surface area contributed by atoms with Crippen LogP contribution in [0.5, 0.6) is 5.75 Å². The molecule has 2 heteroatoms. The second-order valence-electron chi connectivity index (χ2n) is 4.21. The highest BCUT2D eigenvalue weighted by atomic mass is 16.3. The molecule has 2 aromatic carbocycles. The maximum Gasteiger partial charge on any atom is 0.120 e. The molecule has 17 heavy (non-hydrogen) atoms. The van der Waals surface area contributed by atoms with Crippen LogP contribution in [0.2, 0.25) is 0 Å².